The van der Waals surface area contributed by atoms with E-state index in [9.17, 15) is 13.2 Å². The standard InChI is InChI=1S/C16H19N3O6S/c1-23-12-7-6-10(9-13(12)24-2)15(20)19-8-4-5-11(19)14-17-18-16(25-14)26(3,21)22/h6-7,9,11H,4-5,8H2,1-3H3/t11-/m0/s1. The molecule has 0 aliphatic carbocycles. The number of carbonyl (C=O) groups is 1. The summed E-state index contributed by atoms with van der Waals surface area (Å²) in [6.07, 6.45) is 2.36. The Bertz CT molecular complexity index is 924. The van der Waals surface area contributed by atoms with Crippen LogP contribution in [0.15, 0.2) is 27.8 Å². The monoisotopic (exact) mass is 381 g/mol. The first-order valence-electron chi connectivity index (χ1n) is 7.91. The van der Waals surface area contributed by atoms with Crippen LogP contribution in [0, 0.1) is 0 Å². The lowest BCUT2D eigenvalue weighted by Crippen LogP contribution is -2.30. The van der Waals surface area contributed by atoms with E-state index in [1.165, 1.54) is 14.2 Å². The lowest BCUT2D eigenvalue weighted by Gasteiger charge is -2.22. The van der Waals surface area contributed by atoms with Gasteiger partial charge >= 0.3 is 5.22 Å². The molecule has 1 aromatic heterocycles. The highest BCUT2D eigenvalue weighted by Gasteiger charge is 2.35. The van der Waals surface area contributed by atoms with Crippen molar-refractivity contribution in [3.8, 4) is 11.5 Å². The SMILES string of the molecule is COc1ccc(C(=O)N2CCC[C@H]2c2nnc(S(C)(=O)=O)o2)cc1OC. The third-order valence-electron chi connectivity index (χ3n) is 4.17. The summed E-state index contributed by atoms with van der Waals surface area (Å²) >= 11 is 0. The van der Waals surface area contributed by atoms with Gasteiger partial charge in [-0.1, -0.05) is 5.10 Å². The molecule has 0 N–H and O–H groups in total. The number of carbonyl (C=O) groups excluding carboxylic acids is 1. The van der Waals surface area contributed by atoms with E-state index in [2.05, 4.69) is 10.2 Å². The number of ether oxygens (including phenoxy) is 2. The fourth-order valence-electron chi connectivity index (χ4n) is 2.91. The number of rotatable bonds is 5. The maximum absolute atomic E-state index is 12.9. The minimum absolute atomic E-state index is 0.122. The van der Waals surface area contributed by atoms with E-state index in [4.69, 9.17) is 13.9 Å². The lowest BCUT2D eigenvalue weighted by molar-refractivity contribution is 0.0712. The topological polar surface area (TPSA) is 112 Å². The van der Waals surface area contributed by atoms with E-state index in [-0.39, 0.29) is 11.8 Å². The van der Waals surface area contributed by atoms with Crippen molar-refractivity contribution in [2.75, 3.05) is 27.0 Å². The third-order valence-corrected chi connectivity index (χ3v) is 4.97. The highest BCUT2D eigenvalue weighted by atomic mass is 32.2. The summed E-state index contributed by atoms with van der Waals surface area (Å²) in [5, 5.41) is 6.94. The van der Waals surface area contributed by atoms with Gasteiger partial charge in [0.2, 0.25) is 15.7 Å². The maximum atomic E-state index is 12.9. The van der Waals surface area contributed by atoms with Crippen molar-refractivity contribution in [1.29, 1.82) is 0 Å². The van der Waals surface area contributed by atoms with E-state index in [0.29, 0.717) is 30.0 Å². The summed E-state index contributed by atoms with van der Waals surface area (Å²) in [5.74, 6) is 0.868. The zero-order chi connectivity index (χ0) is 18.9. The Hall–Kier alpha value is -2.62. The molecule has 10 heteroatoms. The molecule has 0 spiro atoms. The number of sulfone groups is 1. The molecular weight excluding hydrogens is 362 g/mol. The molecule has 1 aliphatic rings. The van der Waals surface area contributed by atoms with Gasteiger partial charge in [0.15, 0.2) is 11.5 Å². The molecular formula is C16H19N3O6S. The van der Waals surface area contributed by atoms with Gasteiger partial charge in [-0.2, -0.15) is 0 Å². The second-order valence-electron chi connectivity index (χ2n) is 5.90. The highest BCUT2D eigenvalue weighted by Crippen LogP contribution is 2.34. The number of aromatic nitrogens is 2. The Morgan fingerprint density at radius 2 is 1.96 bits per heavy atom. The molecule has 1 atom stereocenters. The zero-order valence-corrected chi connectivity index (χ0v) is 15.4. The van der Waals surface area contributed by atoms with Gasteiger partial charge in [0.05, 0.1) is 14.2 Å². The van der Waals surface area contributed by atoms with Crippen LogP contribution < -0.4 is 9.47 Å². The van der Waals surface area contributed by atoms with E-state index in [1.807, 2.05) is 0 Å². The highest BCUT2D eigenvalue weighted by molar-refractivity contribution is 7.90. The molecule has 3 rings (SSSR count). The Labute approximate surface area is 150 Å². The number of hydrogen-bond acceptors (Lipinski definition) is 8. The van der Waals surface area contributed by atoms with Gasteiger partial charge in [0.1, 0.15) is 6.04 Å². The molecule has 1 amide bonds. The fraction of sp³-hybridized carbons (Fsp3) is 0.438. The Morgan fingerprint density at radius 1 is 1.23 bits per heavy atom. The fourth-order valence-corrected chi connectivity index (χ4v) is 3.33. The van der Waals surface area contributed by atoms with Gasteiger partial charge < -0.3 is 18.8 Å². The predicted molar refractivity (Wildman–Crippen MR) is 90.0 cm³/mol. The molecule has 140 valence electrons. The van der Waals surface area contributed by atoms with Crippen molar-refractivity contribution in [2.24, 2.45) is 0 Å². The first kappa shape index (κ1) is 18.2. The Morgan fingerprint density at radius 3 is 2.58 bits per heavy atom. The Kier molecular flexibility index (Phi) is 4.86. The van der Waals surface area contributed by atoms with Gasteiger partial charge in [0.25, 0.3) is 5.91 Å². The van der Waals surface area contributed by atoms with Crippen molar-refractivity contribution >= 4 is 15.7 Å². The predicted octanol–water partition coefficient (Wildman–Crippen LogP) is 1.47. The second kappa shape index (κ2) is 6.94. The summed E-state index contributed by atoms with van der Waals surface area (Å²) in [6, 6.07) is 4.45. The normalized spacial score (nSPS) is 17.3. The first-order chi connectivity index (χ1) is 12.3. The molecule has 9 nitrogen and oxygen atoms in total. The van der Waals surface area contributed by atoms with Crippen LogP contribution in [0.25, 0.3) is 0 Å². The van der Waals surface area contributed by atoms with Crippen molar-refractivity contribution < 1.29 is 27.1 Å². The number of hydrogen-bond donors (Lipinski definition) is 0. The number of methoxy groups -OCH3 is 2. The van der Waals surface area contributed by atoms with Crippen LogP contribution >= 0.6 is 0 Å². The van der Waals surface area contributed by atoms with Crippen molar-refractivity contribution in [3.05, 3.63) is 29.7 Å². The van der Waals surface area contributed by atoms with Crippen LogP contribution in [0.1, 0.15) is 35.1 Å². The van der Waals surface area contributed by atoms with Crippen LogP contribution in [0.3, 0.4) is 0 Å². The van der Waals surface area contributed by atoms with Gasteiger partial charge in [-0.3, -0.25) is 4.79 Å². The molecule has 0 bridgehead atoms. The summed E-state index contributed by atoms with van der Waals surface area (Å²) in [4.78, 5) is 14.5. The molecule has 1 aliphatic heterocycles. The van der Waals surface area contributed by atoms with Gasteiger partial charge in [-0.05, 0) is 31.0 Å². The molecule has 0 saturated carbocycles. The number of amides is 1. The van der Waals surface area contributed by atoms with Gasteiger partial charge in [0, 0.05) is 18.4 Å². The van der Waals surface area contributed by atoms with E-state index in [1.54, 1.807) is 23.1 Å². The quantitative estimate of drug-likeness (QED) is 0.765. The molecule has 0 unspecified atom stereocenters. The largest absolute Gasteiger partial charge is 0.493 e. The van der Waals surface area contributed by atoms with Crippen LogP contribution in [0.2, 0.25) is 0 Å². The minimum atomic E-state index is -3.59. The van der Waals surface area contributed by atoms with E-state index in [0.717, 1.165) is 12.7 Å². The summed E-state index contributed by atoms with van der Waals surface area (Å²) < 4.78 is 38.8. The molecule has 1 saturated heterocycles. The lowest BCUT2D eigenvalue weighted by atomic mass is 10.1. The second-order valence-corrected chi connectivity index (χ2v) is 7.80. The maximum Gasteiger partial charge on any atom is 0.335 e. The smallest absolute Gasteiger partial charge is 0.335 e. The average molecular weight is 381 g/mol. The first-order valence-corrected chi connectivity index (χ1v) is 9.80. The third kappa shape index (κ3) is 3.36. The Balaban J connectivity index is 1.88. The van der Waals surface area contributed by atoms with Crippen LogP contribution in [0.5, 0.6) is 11.5 Å². The molecule has 2 heterocycles. The van der Waals surface area contributed by atoms with E-state index < -0.39 is 21.1 Å². The minimum Gasteiger partial charge on any atom is -0.493 e. The molecule has 26 heavy (non-hydrogen) atoms. The van der Waals surface area contributed by atoms with Crippen molar-refractivity contribution in [2.45, 2.75) is 24.1 Å². The number of nitrogens with zero attached hydrogens (tertiary/aromatic N) is 3. The summed E-state index contributed by atoms with van der Waals surface area (Å²) in [6.45, 7) is 0.508. The van der Waals surface area contributed by atoms with Crippen LogP contribution in [0.4, 0.5) is 0 Å². The van der Waals surface area contributed by atoms with Gasteiger partial charge in [-0.25, -0.2) is 8.42 Å². The van der Waals surface area contributed by atoms with Crippen molar-refractivity contribution in [1.82, 2.24) is 15.1 Å². The average Bonchev–Trinajstić information content (AvgIpc) is 3.28. The summed E-state index contributed by atoms with van der Waals surface area (Å²) in [5.41, 5.74) is 0.428. The van der Waals surface area contributed by atoms with Crippen LogP contribution in [-0.2, 0) is 9.84 Å². The van der Waals surface area contributed by atoms with Gasteiger partial charge in [-0.15, -0.1) is 5.10 Å². The molecule has 2 aromatic rings. The molecule has 1 aromatic carbocycles. The number of likely N-dealkylation sites (tertiary alicyclic amines) is 1. The molecule has 1 fully saturated rings. The van der Waals surface area contributed by atoms with E-state index >= 15 is 0 Å². The number of benzene rings is 1. The summed E-state index contributed by atoms with van der Waals surface area (Å²) in [7, 11) is -0.578. The molecule has 0 radical (unpaired) electrons. The van der Waals surface area contributed by atoms with Crippen LogP contribution in [-0.4, -0.2) is 56.4 Å². The zero-order valence-electron chi connectivity index (χ0n) is 14.6. The van der Waals surface area contributed by atoms with Crippen molar-refractivity contribution in [3.63, 3.8) is 0 Å².